The van der Waals surface area contributed by atoms with Gasteiger partial charge in [0.1, 0.15) is 0 Å². The van der Waals surface area contributed by atoms with E-state index >= 15 is 0 Å². The summed E-state index contributed by atoms with van der Waals surface area (Å²) in [5.41, 5.74) is -1.70. The fraction of sp³-hybridized carbons (Fsp3) is 0.750. The van der Waals surface area contributed by atoms with Crippen molar-refractivity contribution in [1.29, 1.82) is 0 Å². The first-order chi connectivity index (χ1) is 8.79. The Morgan fingerprint density at radius 2 is 1.79 bits per heavy atom. The maximum absolute atomic E-state index is 10.4. The van der Waals surface area contributed by atoms with Crippen LogP contribution in [0.25, 0.3) is 0 Å². The Hall–Kier alpha value is -0.261. The van der Waals surface area contributed by atoms with E-state index in [9.17, 15) is 10.2 Å². The molecule has 0 aliphatic rings. The van der Waals surface area contributed by atoms with Crippen molar-refractivity contribution in [2.75, 3.05) is 0 Å². The molecule has 0 saturated carbocycles. The van der Waals surface area contributed by atoms with E-state index in [4.69, 9.17) is 0 Å². The molecule has 2 N–H and O–H groups in total. The Morgan fingerprint density at radius 1 is 1.16 bits per heavy atom. The van der Waals surface area contributed by atoms with Gasteiger partial charge in [0.15, 0.2) is 0 Å². The summed E-state index contributed by atoms with van der Waals surface area (Å²) in [4.78, 5) is 0. The molecule has 0 heterocycles. The molecule has 2 nitrogen and oxygen atoms in total. The zero-order valence-corrected chi connectivity index (χ0v) is 14.6. The number of unbranched alkanes of at least 4 members (excludes halogenated alkanes) is 1. The average molecular weight is 331 g/mol. The second kappa shape index (κ2) is 8.82. The van der Waals surface area contributed by atoms with Gasteiger partial charge in [0.2, 0.25) is 0 Å². The third-order valence-corrected chi connectivity index (χ3v) is 6.06. The summed E-state index contributed by atoms with van der Waals surface area (Å²) in [7, 11) is 0. The number of rotatable bonds is 7. The first kappa shape index (κ1) is 18.7. The van der Waals surface area contributed by atoms with Gasteiger partial charge in [-0.05, 0) is 0 Å². The van der Waals surface area contributed by atoms with Crippen molar-refractivity contribution in [2.45, 2.75) is 76.8 Å². The quantitative estimate of drug-likeness (QED) is 0.427. The van der Waals surface area contributed by atoms with Crippen LogP contribution in [0.1, 0.15) is 60.3 Å². The summed E-state index contributed by atoms with van der Waals surface area (Å²) in [5, 5.41) is 21.4. The van der Waals surface area contributed by atoms with Gasteiger partial charge < -0.3 is 0 Å². The molecule has 110 valence electrons. The van der Waals surface area contributed by atoms with Gasteiger partial charge in [-0.3, -0.25) is 0 Å². The van der Waals surface area contributed by atoms with Crippen molar-refractivity contribution >= 4 is 15.0 Å². The monoisotopic (exact) mass is 332 g/mol. The maximum atomic E-state index is 10.4. The molecular weight excluding hydrogens is 303 g/mol. The Morgan fingerprint density at radius 3 is 2.26 bits per heavy atom. The van der Waals surface area contributed by atoms with E-state index in [0.717, 1.165) is 9.79 Å². The van der Waals surface area contributed by atoms with Gasteiger partial charge in [-0.1, -0.05) is 0 Å². The molecule has 0 spiro atoms. The minimum absolute atomic E-state index is 0.280. The predicted octanol–water partition coefficient (Wildman–Crippen LogP) is 3.12. The molecule has 0 aromatic rings. The third-order valence-electron chi connectivity index (χ3n) is 3.21. The van der Waals surface area contributed by atoms with E-state index in [0.29, 0.717) is 12.8 Å². The van der Waals surface area contributed by atoms with E-state index in [-0.39, 0.29) is 15.0 Å². The zero-order valence-electron chi connectivity index (χ0n) is 12.9. The van der Waals surface area contributed by atoms with E-state index < -0.39 is 11.2 Å². The van der Waals surface area contributed by atoms with Crippen molar-refractivity contribution in [1.82, 2.24) is 0 Å². The minimum atomic E-state index is -0.934. The van der Waals surface area contributed by atoms with Crippen molar-refractivity contribution in [3.63, 3.8) is 0 Å². The molecule has 0 aliphatic carbocycles. The number of hydrogen-bond donors (Lipinski definition) is 2. The average Bonchev–Trinajstić information content (AvgIpc) is 2.37. The molecule has 2 unspecified atom stereocenters. The Balaban J connectivity index is 4.93. The van der Waals surface area contributed by atoms with Gasteiger partial charge in [0.25, 0.3) is 0 Å². The fourth-order valence-corrected chi connectivity index (χ4v) is 3.82. The van der Waals surface area contributed by atoms with Gasteiger partial charge in [0.05, 0.1) is 0 Å². The molecule has 0 aromatic heterocycles. The van der Waals surface area contributed by atoms with Crippen LogP contribution in [0.4, 0.5) is 0 Å². The van der Waals surface area contributed by atoms with Crippen LogP contribution < -0.4 is 0 Å². The van der Waals surface area contributed by atoms with Crippen LogP contribution in [0.2, 0.25) is 5.32 Å². The Kier molecular flexibility index (Phi) is 8.70. The molecule has 0 radical (unpaired) electrons. The fourth-order valence-electron chi connectivity index (χ4n) is 1.20. The summed E-state index contributed by atoms with van der Waals surface area (Å²) in [5.74, 6) is 5.79. The van der Waals surface area contributed by atoms with Crippen LogP contribution in [0, 0.1) is 11.8 Å². The van der Waals surface area contributed by atoms with Crippen LogP contribution in [0.5, 0.6) is 0 Å². The molecular formula is C16H28O2Se. The van der Waals surface area contributed by atoms with Crippen LogP contribution in [0.15, 0.2) is 10.5 Å². The predicted molar refractivity (Wildman–Crippen MR) is 83.2 cm³/mol. The first-order valence-corrected chi connectivity index (χ1v) is 9.16. The van der Waals surface area contributed by atoms with Gasteiger partial charge in [-0.25, -0.2) is 0 Å². The molecule has 2 atom stereocenters. The van der Waals surface area contributed by atoms with Gasteiger partial charge in [0, 0.05) is 0 Å². The van der Waals surface area contributed by atoms with Gasteiger partial charge in [-0.15, -0.1) is 0 Å². The number of hydrogen-bond acceptors (Lipinski definition) is 2. The van der Waals surface area contributed by atoms with E-state index in [1.807, 2.05) is 26.8 Å². The van der Waals surface area contributed by atoms with Gasteiger partial charge >= 0.3 is 124 Å². The molecule has 0 aliphatic heterocycles. The standard InChI is InChI=1S/C16H28O2Se/c1-6-9-13-19-14(16(5,18)8-3)11-10-12-15(4,17)7-2/h11,17-18H,6-9,13H2,1-5H3/b14-11-. The van der Waals surface area contributed by atoms with E-state index in [1.54, 1.807) is 6.92 Å². The Bertz CT molecular complexity index is 345. The normalized spacial score (nSPS) is 18.2. The molecule has 0 bridgehead atoms. The van der Waals surface area contributed by atoms with Crippen molar-refractivity contribution in [2.24, 2.45) is 0 Å². The zero-order chi connectivity index (χ0) is 14.9. The van der Waals surface area contributed by atoms with Crippen LogP contribution in [0.3, 0.4) is 0 Å². The van der Waals surface area contributed by atoms with Crippen molar-refractivity contribution in [3.05, 3.63) is 10.5 Å². The van der Waals surface area contributed by atoms with Crippen LogP contribution >= 0.6 is 0 Å². The molecule has 19 heavy (non-hydrogen) atoms. The first-order valence-electron chi connectivity index (χ1n) is 7.10. The van der Waals surface area contributed by atoms with Crippen LogP contribution in [-0.4, -0.2) is 36.4 Å². The van der Waals surface area contributed by atoms with E-state index in [2.05, 4.69) is 18.8 Å². The number of allylic oxidation sites excluding steroid dienone is 1. The summed E-state index contributed by atoms with van der Waals surface area (Å²) in [6, 6.07) is 0. The summed E-state index contributed by atoms with van der Waals surface area (Å²) in [6.45, 7) is 9.64. The molecule has 3 heteroatoms. The van der Waals surface area contributed by atoms with Crippen LogP contribution in [-0.2, 0) is 0 Å². The molecule has 0 saturated heterocycles. The van der Waals surface area contributed by atoms with Crippen molar-refractivity contribution < 1.29 is 10.2 Å². The topological polar surface area (TPSA) is 40.5 Å². The molecule has 0 rings (SSSR count). The summed E-state index contributed by atoms with van der Waals surface area (Å²) in [6.07, 6.45) is 5.49. The SMILES string of the molecule is CCCC[Se]/C(=C\C#CC(C)(O)CC)C(C)(O)CC. The molecule has 0 fully saturated rings. The summed E-state index contributed by atoms with van der Waals surface area (Å²) < 4.78 is 1.04. The number of aliphatic hydroxyl groups is 2. The second-order valence-corrected chi connectivity index (χ2v) is 7.62. The Labute approximate surface area is 124 Å². The van der Waals surface area contributed by atoms with E-state index in [1.165, 1.54) is 12.8 Å². The molecule has 0 aromatic carbocycles. The molecule has 0 amide bonds. The summed E-state index contributed by atoms with van der Waals surface area (Å²) >= 11 is 0.280. The third kappa shape index (κ3) is 7.80. The van der Waals surface area contributed by atoms with Crippen molar-refractivity contribution in [3.8, 4) is 11.8 Å². The second-order valence-electron chi connectivity index (χ2n) is 5.23. The van der Waals surface area contributed by atoms with Gasteiger partial charge in [-0.2, -0.15) is 0 Å².